The monoisotopic (exact) mass is 378 g/mol. The smallest absolute Gasteiger partial charge is 0.287 e. The van der Waals surface area contributed by atoms with Crippen LogP contribution in [0.3, 0.4) is 0 Å². The summed E-state index contributed by atoms with van der Waals surface area (Å²) in [5.74, 6) is -0.181. The number of hydrazine groups is 1. The van der Waals surface area contributed by atoms with Gasteiger partial charge in [-0.15, -0.1) is 0 Å². The Bertz CT molecular complexity index is 858. The van der Waals surface area contributed by atoms with Gasteiger partial charge in [-0.25, -0.2) is 0 Å². The number of amides is 1. The summed E-state index contributed by atoms with van der Waals surface area (Å²) in [6, 6.07) is 8.89. The average molecular weight is 378 g/mol. The molecule has 2 aromatic rings. The fourth-order valence-electron chi connectivity index (χ4n) is 3.94. The Morgan fingerprint density at radius 1 is 1.15 bits per heavy atom. The molecule has 1 fully saturated rings. The number of halogens is 3. The predicted octanol–water partition coefficient (Wildman–Crippen LogP) is 5.16. The number of fused-ring (bicyclic) bond motifs is 1. The Labute approximate surface area is 157 Å². The Balaban J connectivity index is 2.28. The van der Waals surface area contributed by atoms with Gasteiger partial charge in [-0.05, 0) is 48.1 Å². The Morgan fingerprint density at radius 2 is 1.81 bits per heavy atom. The molecule has 3 rings (SSSR count). The molecule has 3 nitrogen and oxygen atoms in total. The minimum Gasteiger partial charge on any atom is -0.287 e. The number of hydrogen-bond donors (Lipinski definition) is 1. The standard InChI is InChI=1S/C21H25F3N2O/c1-13(2)11-15-10-9-14-7-5-6-8-16(14)18(15)19(21(22,23)24)26-20(3,4)12-17(27)25-26/h5-10,13,19H,11-12H2,1-4H3,(H,25,27). The molecular weight excluding hydrogens is 353 g/mol. The molecule has 27 heavy (non-hydrogen) atoms. The van der Waals surface area contributed by atoms with Gasteiger partial charge in [0.05, 0.1) is 0 Å². The van der Waals surface area contributed by atoms with Crippen molar-refractivity contribution in [3.05, 3.63) is 47.5 Å². The number of hydrogen-bond acceptors (Lipinski definition) is 2. The van der Waals surface area contributed by atoms with Crippen LogP contribution in [0, 0.1) is 5.92 Å². The zero-order valence-electron chi connectivity index (χ0n) is 16.0. The fraction of sp³-hybridized carbons (Fsp3) is 0.476. The molecule has 1 amide bonds. The molecule has 6 heteroatoms. The lowest BCUT2D eigenvalue weighted by Gasteiger charge is -2.39. The predicted molar refractivity (Wildman–Crippen MR) is 100.0 cm³/mol. The third-order valence-electron chi connectivity index (χ3n) is 5.02. The molecule has 0 aromatic heterocycles. The maximum absolute atomic E-state index is 14.4. The van der Waals surface area contributed by atoms with Crippen LogP contribution in [0.2, 0.25) is 0 Å². The van der Waals surface area contributed by atoms with E-state index >= 15 is 0 Å². The second kappa shape index (κ2) is 6.82. The van der Waals surface area contributed by atoms with Crippen molar-refractivity contribution >= 4 is 16.7 Å². The van der Waals surface area contributed by atoms with Crippen molar-refractivity contribution in [2.24, 2.45) is 5.92 Å². The van der Waals surface area contributed by atoms with Gasteiger partial charge in [0.15, 0.2) is 6.04 Å². The number of nitrogens with one attached hydrogen (secondary N) is 1. The van der Waals surface area contributed by atoms with E-state index in [0.29, 0.717) is 17.4 Å². The summed E-state index contributed by atoms with van der Waals surface area (Å²) in [4.78, 5) is 11.9. The van der Waals surface area contributed by atoms with Crippen molar-refractivity contribution in [3.63, 3.8) is 0 Å². The summed E-state index contributed by atoms with van der Waals surface area (Å²) in [6.45, 7) is 7.31. The van der Waals surface area contributed by atoms with Gasteiger partial charge in [-0.2, -0.15) is 18.2 Å². The summed E-state index contributed by atoms with van der Waals surface area (Å²) in [5, 5.41) is 2.44. The normalized spacial score (nSPS) is 18.9. The molecule has 0 aliphatic carbocycles. The van der Waals surface area contributed by atoms with Crippen molar-refractivity contribution in [2.45, 2.75) is 58.3 Å². The van der Waals surface area contributed by atoms with Crippen LogP contribution in [0.4, 0.5) is 13.2 Å². The second-order valence-corrected chi connectivity index (χ2v) is 8.30. The molecule has 0 spiro atoms. The van der Waals surface area contributed by atoms with E-state index < -0.39 is 17.8 Å². The van der Waals surface area contributed by atoms with Crippen LogP contribution in [-0.2, 0) is 11.2 Å². The van der Waals surface area contributed by atoms with Crippen LogP contribution in [0.1, 0.15) is 51.3 Å². The first kappa shape index (κ1) is 19.7. The molecule has 0 bridgehead atoms. The Morgan fingerprint density at radius 3 is 2.37 bits per heavy atom. The topological polar surface area (TPSA) is 32.3 Å². The molecular formula is C21H25F3N2O. The van der Waals surface area contributed by atoms with E-state index in [1.165, 1.54) is 0 Å². The van der Waals surface area contributed by atoms with Gasteiger partial charge in [0.2, 0.25) is 5.91 Å². The first-order valence-electron chi connectivity index (χ1n) is 9.17. The van der Waals surface area contributed by atoms with E-state index in [-0.39, 0.29) is 23.8 Å². The highest BCUT2D eigenvalue weighted by Gasteiger charge is 2.53. The van der Waals surface area contributed by atoms with E-state index in [0.717, 1.165) is 10.4 Å². The number of alkyl halides is 3. The summed E-state index contributed by atoms with van der Waals surface area (Å²) >= 11 is 0. The number of rotatable bonds is 4. The lowest BCUT2D eigenvalue weighted by Crippen LogP contribution is -2.51. The van der Waals surface area contributed by atoms with Crippen LogP contribution >= 0.6 is 0 Å². The zero-order chi connectivity index (χ0) is 20.0. The minimum absolute atomic E-state index is 0.0316. The summed E-state index contributed by atoms with van der Waals surface area (Å²) < 4.78 is 43.1. The molecule has 146 valence electrons. The quantitative estimate of drug-likeness (QED) is 0.797. The molecule has 1 aliphatic rings. The summed E-state index contributed by atoms with van der Waals surface area (Å²) in [7, 11) is 0. The molecule has 1 unspecified atom stereocenters. The highest BCUT2D eigenvalue weighted by atomic mass is 19.4. The zero-order valence-corrected chi connectivity index (χ0v) is 16.0. The third kappa shape index (κ3) is 3.81. The van der Waals surface area contributed by atoms with E-state index in [4.69, 9.17) is 0 Å². The molecule has 1 aliphatic heterocycles. The van der Waals surface area contributed by atoms with E-state index in [2.05, 4.69) is 5.43 Å². The maximum Gasteiger partial charge on any atom is 0.409 e. The first-order chi connectivity index (χ1) is 12.5. The van der Waals surface area contributed by atoms with Gasteiger partial charge in [-0.3, -0.25) is 10.2 Å². The average Bonchev–Trinajstić information content (AvgIpc) is 2.80. The number of benzene rings is 2. The number of carbonyl (C=O) groups is 1. The van der Waals surface area contributed by atoms with Crippen LogP contribution in [-0.4, -0.2) is 22.6 Å². The van der Waals surface area contributed by atoms with Gasteiger partial charge in [0.1, 0.15) is 0 Å². The first-order valence-corrected chi connectivity index (χ1v) is 9.17. The lowest BCUT2D eigenvalue weighted by molar-refractivity contribution is -0.203. The van der Waals surface area contributed by atoms with Gasteiger partial charge < -0.3 is 0 Å². The maximum atomic E-state index is 14.4. The summed E-state index contributed by atoms with van der Waals surface area (Å²) in [5.41, 5.74) is 2.44. The largest absolute Gasteiger partial charge is 0.409 e. The van der Waals surface area contributed by atoms with E-state index in [1.54, 1.807) is 32.0 Å². The van der Waals surface area contributed by atoms with Crippen molar-refractivity contribution in [3.8, 4) is 0 Å². The summed E-state index contributed by atoms with van der Waals surface area (Å²) in [6.07, 6.45) is -3.97. The van der Waals surface area contributed by atoms with Crippen molar-refractivity contribution in [1.82, 2.24) is 10.4 Å². The van der Waals surface area contributed by atoms with E-state index in [9.17, 15) is 18.0 Å². The Hall–Kier alpha value is -2.08. The minimum atomic E-state index is -4.54. The van der Waals surface area contributed by atoms with Gasteiger partial charge in [0, 0.05) is 12.0 Å². The SMILES string of the molecule is CC(C)Cc1ccc2ccccc2c1C(N1NC(=O)CC1(C)C)C(F)(F)F. The van der Waals surface area contributed by atoms with Crippen LogP contribution < -0.4 is 5.43 Å². The molecule has 0 saturated carbocycles. The molecule has 1 saturated heterocycles. The number of nitrogens with zero attached hydrogens (tertiary/aromatic N) is 1. The molecule has 0 radical (unpaired) electrons. The number of carbonyl (C=O) groups excluding carboxylic acids is 1. The fourth-order valence-corrected chi connectivity index (χ4v) is 3.94. The molecule has 2 aromatic carbocycles. The van der Waals surface area contributed by atoms with Crippen molar-refractivity contribution < 1.29 is 18.0 Å². The highest BCUT2D eigenvalue weighted by Crippen LogP contribution is 2.46. The highest BCUT2D eigenvalue weighted by molar-refractivity contribution is 5.87. The molecule has 1 N–H and O–H groups in total. The van der Waals surface area contributed by atoms with Gasteiger partial charge >= 0.3 is 6.18 Å². The Kier molecular flexibility index (Phi) is 4.97. The van der Waals surface area contributed by atoms with Crippen molar-refractivity contribution in [1.29, 1.82) is 0 Å². The van der Waals surface area contributed by atoms with Gasteiger partial charge in [0.25, 0.3) is 0 Å². The van der Waals surface area contributed by atoms with Crippen LogP contribution in [0.15, 0.2) is 36.4 Å². The van der Waals surface area contributed by atoms with Gasteiger partial charge in [-0.1, -0.05) is 50.2 Å². The van der Waals surface area contributed by atoms with Crippen LogP contribution in [0.5, 0.6) is 0 Å². The molecule has 1 atom stereocenters. The second-order valence-electron chi connectivity index (χ2n) is 8.30. The lowest BCUT2D eigenvalue weighted by atomic mass is 9.87. The van der Waals surface area contributed by atoms with E-state index in [1.807, 2.05) is 32.0 Å². The van der Waals surface area contributed by atoms with Crippen LogP contribution in [0.25, 0.3) is 10.8 Å². The third-order valence-corrected chi connectivity index (χ3v) is 5.02. The molecule has 1 heterocycles. The van der Waals surface area contributed by atoms with Crippen molar-refractivity contribution in [2.75, 3.05) is 0 Å².